The fourth-order valence-corrected chi connectivity index (χ4v) is 3.19. The summed E-state index contributed by atoms with van der Waals surface area (Å²) in [5, 5.41) is 2.75. The number of ether oxygens (including phenoxy) is 2. The van der Waals surface area contributed by atoms with Gasteiger partial charge in [0.1, 0.15) is 11.5 Å². The maximum Gasteiger partial charge on any atom is 0.226 e. The van der Waals surface area contributed by atoms with Crippen LogP contribution in [0.5, 0.6) is 11.5 Å². The number of para-hydroxylation sites is 2. The largest absolute Gasteiger partial charge is 0.497 e. The van der Waals surface area contributed by atoms with E-state index in [9.17, 15) is 13.2 Å². The van der Waals surface area contributed by atoms with Crippen molar-refractivity contribution in [2.24, 2.45) is 0 Å². The highest BCUT2D eigenvalue weighted by molar-refractivity contribution is 7.88. The highest BCUT2D eigenvalue weighted by Gasteiger charge is 2.20. The Hall–Kier alpha value is -2.58. The molecule has 1 atom stereocenters. The van der Waals surface area contributed by atoms with E-state index in [0.717, 1.165) is 6.26 Å². The van der Waals surface area contributed by atoms with Gasteiger partial charge in [0.25, 0.3) is 0 Å². The molecule has 0 aliphatic rings. The van der Waals surface area contributed by atoms with Crippen LogP contribution in [-0.4, -0.2) is 34.8 Å². The van der Waals surface area contributed by atoms with Gasteiger partial charge in [0, 0.05) is 6.42 Å². The summed E-state index contributed by atoms with van der Waals surface area (Å²) in [7, 11) is -0.451. The maximum atomic E-state index is 12.4. The average molecular weight is 378 g/mol. The van der Waals surface area contributed by atoms with Crippen LogP contribution in [0.15, 0.2) is 48.5 Å². The van der Waals surface area contributed by atoms with Crippen LogP contribution in [0.4, 0.5) is 5.69 Å². The van der Waals surface area contributed by atoms with E-state index in [-0.39, 0.29) is 12.3 Å². The topological polar surface area (TPSA) is 93.7 Å². The van der Waals surface area contributed by atoms with Crippen LogP contribution in [0.2, 0.25) is 0 Å². The summed E-state index contributed by atoms with van der Waals surface area (Å²) in [5.74, 6) is 0.828. The second-order valence-electron chi connectivity index (χ2n) is 5.67. The molecule has 2 aromatic rings. The Morgan fingerprint density at radius 2 is 1.69 bits per heavy atom. The summed E-state index contributed by atoms with van der Waals surface area (Å²) in [5.41, 5.74) is 1.18. The number of nitrogens with one attached hydrogen (secondary N) is 2. The normalized spacial score (nSPS) is 12.3. The quantitative estimate of drug-likeness (QED) is 0.735. The van der Waals surface area contributed by atoms with E-state index in [1.807, 2.05) is 0 Å². The summed E-state index contributed by atoms with van der Waals surface area (Å²) in [6, 6.07) is 13.2. The Bertz CT molecular complexity index is 850. The van der Waals surface area contributed by atoms with E-state index in [1.165, 1.54) is 7.11 Å². The first kappa shape index (κ1) is 19.7. The first-order valence-corrected chi connectivity index (χ1v) is 9.75. The monoisotopic (exact) mass is 378 g/mol. The number of anilines is 1. The lowest BCUT2D eigenvalue weighted by molar-refractivity contribution is -0.116. The molecule has 0 bridgehead atoms. The van der Waals surface area contributed by atoms with Gasteiger partial charge in [-0.2, -0.15) is 0 Å². The predicted molar refractivity (Wildman–Crippen MR) is 100.0 cm³/mol. The van der Waals surface area contributed by atoms with Crippen LogP contribution >= 0.6 is 0 Å². The van der Waals surface area contributed by atoms with Gasteiger partial charge in [-0.25, -0.2) is 13.1 Å². The Morgan fingerprint density at radius 3 is 2.27 bits per heavy atom. The number of carbonyl (C=O) groups is 1. The van der Waals surface area contributed by atoms with Crippen molar-refractivity contribution in [3.05, 3.63) is 54.1 Å². The molecule has 0 heterocycles. The third kappa shape index (κ3) is 5.75. The van der Waals surface area contributed by atoms with Crippen molar-refractivity contribution >= 4 is 21.6 Å². The maximum absolute atomic E-state index is 12.4. The highest BCUT2D eigenvalue weighted by atomic mass is 32.2. The Morgan fingerprint density at radius 1 is 1.04 bits per heavy atom. The van der Waals surface area contributed by atoms with Gasteiger partial charge in [0.05, 0.1) is 32.2 Å². The average Bonchev–Trinajstić information content (AvgIpc) is 2.60. The zero-order valence-electron chi connectivity index (χ0n) is 14.9. The minimum atomic E-state index is -3.50. The van der Waals surface area contributed by atoms with Crippen molar-refractivity contribution in [3.63, 3.8) is 0 Å². The fraction of sp³-hybridized carbons (Fsp3) is 0.278. The molecule has 0 spiro atoms. The molecule has 140 valence electrons. The van der Waals surface area contributed by atoms with Gasteiger partial charge in [-0.15, -0.1) is 0 Å². The van der Waals surface area contributed by atoms with Crippen LogP contribution in [0.25, 0.3) is 0 Å². The molecule has 2 aromatic carbocycles. The zero-order chi connectivity index (χ0) is 19.2. The molecule has 0 saturated carbocycles. The molecule has 1 amide bonds. The van der Waals surface area contributed by atoms with Gasteiger partial charge in [0.15, 0.2) is 0 Å². The third-order valence-electron chi connectivity index (χ3n) is 3.65. The standard InChI is InChI=1S/C18H22N2O5S/c1-24-14-10-8-13(9-11-14)16(20-26(3,22)23)12-18(21)19-15-6-4-5-7-17(15)25-2/h4-11,16,20H,12H2,1-3H3,(H,19,21)/t16-/m0/s1. The molecule has 0 aliphatic carbocycles. The molecule has 0 fully saturated rings. The van der Waals surface area contributed by atoms with E-state index in [4.69, 9.17) is 9.47 Å². The molecule has 8 heteroatoms. The molecular weight excluding hydrogens is 356 g/mol. The van der Waals surface area contributed by atoms with Gasteiger partial charge in [-0.3, -0.25) is 4.79 Å². The molecule has 0 unspecified atom stereocenters. The van der Waals surface area contributed by atoms with Crippen molar-refractivity contribution in [3.8, 4) is 11.5 Å². The number of carbonyl (C=O) groups excluding carboxylic acids is 1. The molecule has 0 aromatic heterocycles. The van der Waals surface area contributed by atoms with Crippen LogP contribution < -0.4 is 19.5 Å². The number of hydrogen-bond acceptors (Lipinski definition) is 5. The van der Waals surface area contributed by atoms with Crippen molar-refractivity contribution < 1.29 is 22.7 Å². The van der Waals surface area contributed by atoms with Crippen molar-refractivity contribution in [1.82, 2.24) is 4.72 Å². The Balaban J connectivity index is 2.18. The molecule has 26 heavy (non-hydrogen) atoms. The minimum Gasteiger partial charge on any atom is -0.497 e. The van der Waals surface area contributed by atoms with Crippen LogP contribution in [0.1, 0.15) is 18.0 Å². The minimum absolute atomic E-state index is 0.0720. The number of amides is 1. The van der Waals surface area contributed by atoms with Gasteiger partial charge >= 0.3 is 0 Å². The molecule has 2 rings (SSSR count). The first-order chi connectivity index (χ1) is 12.3. The third-order valence-corrected chi connectivity index (χ3v) is 4.36. The smallest absolute Gasteiger partial charge is 0.226 e. The van der Waals surface area contributed by atoms with Crippen molar-refractivity contribution in [2.45, 2.75) is 12.5 Å². The summed E-state index contributed by atoms with van der Waals surface area (Å²) < 4.78 is 36.2. The van der Waals surface area contributed by atoms with E-state index in [2.05, 4.69) is 10.0 Å². The van der Waals surface area contributed by atoms with Gasteiger partial charge < -0.3 is 14.8 Å². The van der Waals surface area contributed by atoms with E-state index in [0.29, 0.717) is 22.7 Å². The molecule has 0 saturated heterocycles. The van der Waals surface area contributed by atoms with Crippen LogP contribution in [-0.2, 0) is 14.8 Å². The SMILES string of the molecule is COc1ccc([C@H](CC(=O)Nc2ccccc2OC)NS(C)(=O)=O)cc1. The second kappa shape index (κ2) is 8.68. The Labute approximate surface area is 153 Å². The van der Waals surface area contributed by atoms with Crippen molar-refractivity contribution in [2.75, 3.05) is 25.8 Å². The van der Waals surface area contributed by atoms with Gasteiger partial charge in [0.2, 0.25) is 15.9 Å². The number of benzene rings is 2. The lowest BCUT2D eigenvalue weighted by Crippen LogP contribution is -2.30. The molecule has 0 radical (unpaired) electrons. The summed E-state index contributed by atoms with van der Waals surface area (Å²) in [4.78, 5) is 12.4. The molecule has 7 nitrogen and oxygen atoms in total. The van der Waals surface area contributed by atoms with Crippen LogP contribution in [0, 0.1) is 0 Å². The van der Waals surface area contributed by atoms with E-state index < -0.39 is 16.1 Å². The summed E-state index contributed by atoms with van der Waals surface area (Å²) in [6.45, 7) is 0. The summed E-state index contributed by atoms with van der Waals surface area (Å²) >= 11 is 0. The van der Waals surface area contributed by atoms with Crippen molar-refractivity contribution in [1.29, 1.82) is 0 Å². The summed E-state index contributed by atoms with van der Waals surface area (Å²) in [6.07, 6.45) is 0.985. The van der Waals surface area contributed by atoms with E-state index >= 15 is 0 Å². The number of sulfonamides is 1. The fourth-order valence-electron chi connectivity index (χ4n) is 2.46. The molecule has 2 N–H and O–H groups in total. The molecular formula is C18H22N2O5S. The molecule has 0 aliphatic heterocycles. The lowest BCUT2D eigenvalue weighted by atomic mass is 10.0. The zero-order valence-corrected chi connectivity index (χ0v) is 15.7. The van der Waals surface area contributed by atoms with Gasteiger partial charge in [-0.1, -0.05) is 24.3 Å². The Kier molecular flexibility index (Phi) is 6.59. The predicted octanol–water partition coefficient (Wildman–Crippen LogP) is 2.32. The number of rotatable bonds is 8. The second-order valence-corrected chi connectivity index (χ2v) is 7.45. The lowest BCUT2D eigenvalue weighted by Gasteiger charge is -2.18. The number of methoxy groups -OCH3 is 2. The highest BCUT2D eigenvalue weighted by Crippen LogP contribution is 2.25. The van der Waals surface area contributed by atoms with Crippen LogP contribution in [0.3, 0.4) is 0 Å². The van der Waals surface area contributed by atoms with Gasteiger partial charge in [-0.05, 0) is 29.8 Å². The first-order valence-electron chi connectivity index (χ1n) is 7.86. The van der Waals surface area contributed by atoms with E-state index in [1.54, 1.807) is 55.6 Å². The number of hydrogen-bond donors (Lipinski definition) is 2.